The molecule has 0 aliphatic heterocycles. The first-order valence-corrected chi connectivity index (χ1v) is 15.5. The Kier molecular flexibility index (Phi) is 10.4. The Hall–Kier alpha value is -3.92. The number of benzene rings is 4. The lowest BCUT2D eigenvalue weighted by Gasteiger charge is -2.33. The highest BCUT2D eigenvalue weighted by Gasteiger charge is 2.34. The number of aryl methyl sites for hydroxylation is 1. The normalized spacial score (nSPS) is 11.9. The second-order valence-corrected chi connectivity index (χ2v) is 12.6. The molecule has 0 saturated heterocycles. The van der Waals surface area contributed by atoms with Gasteiger partial charge in [0, 0.05) is 20.0 Å². The van der Waals surface area contributed by atoms with Crippen LogP contribution in [0, 0.1) is 12.7 Å². The molecule has 0 aliphatic rings. The molecule has 224 valence electrons. The number of carbonyl (C=O) groups is 2. The molecule has 2 amide bonds. The molecule has 4 aromatic rings. The monoisotopic (exact) mass is 641 g/mol. The van der Waals surface area contributed by atoms with Gasteiger partial charge in [0.15, 0.2) is 0 Å². The average Bonchev–Trinajstić information content (AvgIpc) is 3.00. The van der Waals surface area contributed by atoms with E-state index in [4.69, 9.17) is 23.2 Å². The van der Waals surface area contributed by atoms with Crippen molar-refractivity contribution in [2.45, 2.75) is 30.8 Å². The quantitative estimate of drug-likeness (QED) is 0.217. The number of anilines is 1. The molecule has 0 aromatic heterocycles. The smallest absolute Gasteiger partial charge is 0.264 e. The van der Waals surface area contributed by atoms with Crippen molar-refractivity contribution in [1.29, 1.82) is 0 Å². The Bertz CT molecular complexity index is 1690. The van der Waals surface area contributed by atoms with E-state index in [0.29, 0.717) is 10.6 Å². The molecule has 0 radical (unpaired) electrons. The van der Waals surface area contributed by atoms with Crippen LogP contribution in [0.2, 0.25) is 10.0 Å². The predicted octanol–water partition coefficient (Wildman–Crippen LogP) is 6.02. The van der Waals surface area contributed by atoms with Crippen molar-refractivity contribution < 1.29 is 22.4 Å². The molecule has 11 heteroatoms. The van der Waals surface area contributed by atoms with Gasteiger partial charge in [0.1, 0.15) is 18.4 Å². The molecule has 1 N–H and O–H groups in total. The summed E-state index contributed by atoms with van der Waals surface area (Å²) >= 11 is 12.4. The first-order valence-electron chi connectivity index (χ1n) is 13.3. The van der Waals surface area contributed by atoms with E-state index in [-0.39, 0.29) is 28.6 Å². The maximum atomic E-state index is 14.3. The van der Waals surface area contributed by atoms with Crippen LogP contribution in [-0.4, -0.2) is 44.8 Å². The zero-order valence-corrected chi connectivity index (χ0v) is 25.8. The molecule has 0 spiro atoms. The van der Waals surface area contributed by atoms with E-state index < -0.39 is 40.2 Å². The highest BCUT2D eigenvalue weighted by molar-refractivity contribution is 7.92. The van der Waals surface area contributed by atoms with Gasteiger partial charge in [0.05, 0.1) is 20.6 Å². The van der Waals surface area contributed by atoms with Crippen LogP contribution in [-0.2, 0) is 32.6 Å². The zero-order chi connectivity index (χ0) is 31.1. The molecule has 0 saturated carbocycles. The molecule has 0 aliphatic carbocycles. The summed E-state index contributed by atoms with van der Waals surface area (Å²) in [6, 6.07) is 24.1. The first kappa shape index (κ1) is 32.0. The second-order valence-electron chi connectivity index (χ2n) is 9.89. The standard InChI is InChI=1S/C32H30Cl2FN3O4S/c1-22-8-13-26(14-9-22)38(43(41,42)27-15-11-25(35)12-16-27)21-31(39)37(20-24-10-17-28(33)29(34)18-24)30(32(40)36-2)19-23-6-4-3-5-7-23/h3-18,30H,19-21H2,1-2H3,(H,36,40)/t30-/m0/s1. The summed E-state index contributed by atoms with van der Waals surface area (Å²) in [5.41, 5.74) is 2.51. The number of hydrogen-bond donors (Lipinski definition) is 1. The summed E-state index contributed by atoms with van der Waals surface area (Å²) in [5, 5.41) is 3.23. The van der Waals surface area contributed by atoms with E-state index in [2.05, 4.69) is 5.32 Å². The van der Waals surface area contributed by atoms with Gasteiger partial charge in [-0.1, -0.05) is 77.3 Å². The predicted molar refractivity (Wildman–Crippen MR) is 167 cm³/mol. The maximum absolute atomic E-state index is 14.3. The lowest BCUT2D eigenvalue weighted by Crippen LogP contribution is -2.53. The van der Waals surface area contributed by atoms with Crippen LogP contribution in [0.25, 0.3) is 0 Å². The van der Waals surface area contributed by atoms with Gasteiger partial charge < -0.3 is 10.2 Å². The molecular formula is C32H30Cl2FN3O4S. The Labute approximate surface area is 260 Å². The van der Waals surface area contributed by atoms with Gasteiger partial charge in [0.2, 0.25) is 11.8 Å². The van der Waals surface area contributed by atoms with Crippen LogP contribution in [0.5, 0.6) is 0 Å². The van der Waals surface area contributed by atoms with E-state index in [1.165, 1.54) is 11.9 Å². The van der Waals surface area contributed by atoms with E-state index in [9.17, 15) is 22.4 Å². The van der Waals surface area contributed by atoms with Gasteiger partial charge >= 0.3 is 0 Å². The van der Waals surface area contributed by atoms with Crippen LogP contribution in [0.3, 0.4) is 0 Å². The van der Waals surface area contributed by atoms with Crippen LogP contribution in [0.4, 0.5) is 10.1 Å². The van der Waals surface area contributed by atoms with Crippen molar-refractivity contribution in [3.05, 3.63) is 130 Å². The molecule has 4 rings (SSSR count). The first-order chi connectivity index (χ1) is 20.5. The maximum Gasteiger partial charge on any atom is 0.264 e. The van der Waals surface area contributed by atoms with Crippen molar-refractivity contribution in [2.24, 2.45) is 0 Å². The molecule has 0 unspecified atom stereocenters. The number of nitrogens with zero attached hydrogens (tertiary/aromatic N) is 2. The molecule has 43 heavy (non-hydrogen) atoms. The zero-order valence-electron chi connectivity index (χ0n) is 23.5. The van der Waals surface area contributed by atoms with E-state index in [1.54, 1.807) is 42.5 Å². The molecule has 0 heterocycles. The molecule has 4 aromatic carbocycles. The summed E-state index contributed by atoms with van der Waals surface area (Å²) in [7, 11) is -2.86. The fraction of sp³-hybridized carbons (Fsp3) is 0.188. The average molecular weight is 643 g/mol. The molecule has 0 bridgehead atoms. The Balaban J connectivity index is 1.79. The van der Waals surface area contributed by atoms with Crippen molar-refractivity contribution in [3.63, 3.8) is 0 Å². The van der Waals surface area contributed by atoms with Crippen molar-refractivity contribution >= 4 is 50.7 Å². The summed E-state index contributed by atoms with van der Waals surface area (Å²) in [5.74, 6) is -1.67. The highest BCUT2D eigenvalue weighted by Crippen LogP contribution is 2.27. The van der Waals surface area contributed by atoms with Crippen LogP contribution < -0.4 is 9.62 Å². The third kappa shape index (κ3) is 7.93. The minimum Gasteiger partial charge on any atom is -0.357 e. The Morgan fingerprint density at radius 3 is 2.12 bits per heavy atom. The number of halogens is 3. The van der Waals surface area contributed by atoms with Crippen LogP contribution in [0.1, 0.15) is 16.7 Å². The lowest BCUT2D eigenvalue weighted by molar-refractivity contribution is -0.139. The van der Waals surface area contributed by atoms with Gasteiger partial charge in [-0.05, 0) is 66.6 Å². The largest absolute Gasteiger partial charge is 0.357 e. The van der Waals surface area contributed by atoms with Crippen molar-refractivity contribution in [3.8, 4) is 0 Å². The molecule has 7 nitrogen and oxygen atoms in total. The highest BCUT2D eigenvalue weighted by atomic mass is 35.5. The van der Waals surface area contributed by atoms with E-state index in [0.717, 1.165) is 39.7 Å². The number of sulfonamides is 1. The number of likely N-dealkylation sites (N-methyl/N-ethyl adjacent to an activating group) is 1. The van der Waals surface area contributed by atoms with Gasteiger partial charge in [-0.2, -0.15) is 0 Å². The van der Waals surface area contributed by atoms with Gasteiger partial charge in [-0.3, -0.25) is 13.9 Å². The molecule has 0 fully saturated rings. The summed E-state index contributed by atoms with van der Waals surface area (Å²) < 4.78 is 42.4. The fourth-order valence-corrected chi connectivity index (χ4v) is 6.26. The SMILES string of the molecule is CNC(=O)[C@H](Cc1ccccc1)N(Cc1ccc(Cl)c(Cl)c1)C(=O)CN(c1ccc(C)cc1)S(=O)(=O)c1ccc(F)cc1. The van der Waals surface area contributed by atoms with E-state index >= 15 is 0 Å². The summed E-state index contributed by atoms with van der Waals surface area (Å²) in [6.45, 7) is 1.16. The minimum atomic E-state index is -4.33. The number of carbonyl (C=O) groups excluding carboxylic acids is 2. The van der Waals surface area contributed by atoms with Crippen LogP contribution >= 0.6 is 23.2 Å². The number of rotatable bonds is 11. The fourth-order valence-electron chi connectivity index (χ4n) is 4.53. The lowest BCUT2D eigenvalue weighted by atomic mass is 10.0. The number of amides is 2. The summed E-state index contributed by atoms with van der Waals surface area (Å²) in [6.07, 6.45) is 0.169. The topological polar surface area (TPSA) is 86.8 Å². The van der Waals surface area contributed by atoms with Gasteiger partial charge in [-0.15, -0.1) is 0 Å². The van der Waals surface area contributed by atoms with Gasteiger partial charge in [-0.25, -0.2) is 12.8 Å². The Morgan fingerprint density at radius 1 is 0.860 bits per heavy atom. The Morgan fingerprint density at radius 2 is 1.51 bits per heavy atom. The second kappa shape index (κ2) is 14.0. The van der Waals surface area contributed by atoms with Crippen LogP contribution in [0.15, 0.2) is 102 Å². The molecule has 1 atom stereocenters. The van der Waals surface area contributed by atoms with E-state index in [1.807, 2.05) is 37.3 Å². The number of nitrogens with one attached hydrogen (secondary N) is 1. The summed E-state index contributed by atoms with van der Waals surface area (Å²) in [4.78, 5) is 28.7. The third-order valence-corrected chi connectivity index (χ3v) is 9.38. The minimum absolute atomic E-state index is 0.0566. The van der Waals surface area contributed by atoms with Crippen molar-refractivity contribution in [2.75, 3.05) is 17.9 Å². The number of hydrogen-bond acceptors (Lipinski definition) is 4. The third-order valence-electron chi connectivity index (χ3n) is 6.86. The molecular weight excluding hydrogens is 612 g/mol. The van der Waals surface area contributed by atoms with Crippen molar-refractivity contribution in [1.82, 2.24) is 10.2 Å². The van der Waals surface area contributed by atoms with Gasteiger partial charge in [0.25, 0.3) is 10.0 Å².